The smallest absolute Gasteiger partial charge is 0.0181 e. The average Bonchev–Trinajstić information content (AvgIpc) is 2.88. The average molecular weight is 275 g/mol. The standard InChI is InChI=1S/C19H33N/c1-2-3-4-5-6-7-8-9-10-14-18-16-17-13-11-12-15-19(17)20-18/h16,20H,2-15H2,1H3. The van der Waals surface area contributed by atoms with Gasteiger partial charge in [-0.3, -0.25) is 0 Å². The van der Waals surface area contributed by atoms with E-state index in [1.807, 2.05) is 0 Å². The molecule has 0 radical (unpaired) electrons. The number of nitrogens with one attached hydrogen (secondary N) is 1. The molecule has 0 aromatic carbocycles. The quantitative estimate of drug-likeness (QED) is 0.506. The number of fused-ring (bicyclic) bond motifs is 1. The first-order chi connectivity index (χ1) is 9.90. The van der Waals surface area contributed by atoms with E-state index in [0.29, 0.717) is 0 Å². The van der Waals surface area contributed by atoms with E-state index in [2.05, 4.69) is 18.0 Å². The van der Waals surface area contributed by atoms with Crippen LogP contribution in [0.3, 0.4) is 0 Å². The molecule has 0 amide bonds. The van der Waals surface area contributed by atoms with Crippen molar-refractivity contribution in [1.82, 2.24) is 4.98 Å². The Labute approximate surface area is 125 Å². The van der Waals surface area contributed by atoms with Gasteiger partial charge in [-0.15, -0.1) is 0 Å². The molecule has 1 aromatic heterocycles. The van der Waals surface area contributed by atoms with Crippen molar-refractivity contribution in [2.45, 2.75) is 96.8 Å². The molecule has 0 unspecified atom stereocenters. The van der Waals surface area contributed by atoms with Crippen LogP contribution in [0, 0.1) is 0 Å². The highest BCUT2D eigenvalue weighted by atomic mass is 14.7. The van der Waals surface area contributed by atoms with E-state index in [9.17, 15) is 0 Å². The largest absolute Gasteiger partial charge is 0.362 e. The third-order valence-electron chi connectivity index (χ3n) is 4.72. The van der Waals surface area contributed by atoms with Gasteiger partial charge in [0.1, 0.15) is 0 Å². The summed E-state index contributed by atoms with van der Waals surface area (Å²) in [5.41, 5.74) is 4.66. The molecule has 1 aliphatic carbocycles. The summed E-state index contributed by atoms with van der Waals surface area (Å²) in [7, 11) is 0. The Hall–Kier alpha value is -0.720. The summed E-state index contributed by atoms with van der Waals surface area (Å²) in [6.45, 7) is 2.29. The molecule has 1 heteroatoms. The lowest BCUT2D eigenvalue weighted by Gasteiger charge is -2.09. The fraction of sp³-hybridized carbons (Fsp3) is 0.789. The van der Waals surface area contributed by atoms with Gasteiger partial charge in [0, 0.05) is 11.4 Å². The normalized spacial score (nSPS) is 14.4. The summed E-state index contributed by atoms with van der Waals surface area (Å²) >= 11 is 0. The van der Waals surface area contributed by atoms with Crippen molar-refractivity contribution in [1.29, 1.82) is 0 Å². The molecule has 114 valence electrons. The lowest BCUT2D eigenvalue weighted by molar-refractivity contribution is 0.563. The first-order valence-electron chi connectivity index (χ1n) is 9.10. The van der Waals surface area contributed by atoms with Crippen LogP contribution in [0.2, 0.25) is 0 Å². The minimum atomic E-state index is 1.27. The SMILES string of the molecule is CCCCCCCCCCCc1cc2c([nH]1)CCCC2. The van der Waals surface area contributed by atoms with Crippen molar-refractivity contribution in [2.75, 3.05) is 0 Å². The van der Waals surface area contributed by atoms with E-state index in [1.54, 1.807) is 11.3 Å². The van der Waals surface area contributed by atoms with Gasteiger partial charge in [-0.1, -0.05) is 58.3 Å². The highest BCUT2D eigenvalue weighted by Gasteiger charge is 2.11. The first kappa shape index (κ1) is 15.7. The summed E-state index contributed by atoms with van der Waals surface area (Å²) in [6.07, 6.45) is 19.5. The zero-order chi connectivity index (χ0) is 14.0. The molecule has 0 spiro atoms. The number of rotatable bonds is 10. The lowest BCUT2D eigenvalue weighted by atomic mass is 9.98. The fourth-order valence-corrected chi connectivity index (χ4v) is 3.43. The molecular weight excluding hydrogens is 242 g/mol. The Balaban J connectivity index is 1.50. The van der Waals surface area contributed by atoms with Crippen LogP contribution in [0.1, 0.15) is 94.5 Å². The van der Waals surface area contributed by atoms with Gasteiger partial charge in [0.05, 0.1) is 0 Å². The zero-order valence-electron chi connectivity index (χ0n) is 13.5. The van der Waals surface area contributed by atoms with Gasteiger partial charge in [0.25, 0.3) is 0 Å². The fourth-order valence-electron chi connectivity index (χ4n) is 3.43. The summed E-state index contributed by atoms with van der Waals surface area (Å²) in [6, 6.07) is 2.44. The Bertz CT molecular complexity index is 340. The van der Waals surface area contributed by atoms with Crippen LogP contribution in [0.4, 0.5) is 0 Å². The predicted octanol–water partition coefficient (Wildman–Crippen LogP) is 5.97. The van der Waals surface area contributed by atoms with Crippen molar-refractivity contribution in [3.63, 3.8) is 0 Å². The van der Waals surface area contributed by atoms with Gasteiger partial charge in [-0.05, 0) is 50.2 Å². The second kappa shape index (κ2) is 9.26. The van der Waals surface area contributed by atoms with Gasteiger partial charge < -0.3 is 4.98 Å². The van der Waals surface area contributed by atoms with Crippen LogP contribution in [0.25, 0.3) is 0 Å². The molecule has 1 heterocycles. The Morgan fingerprint density at radius 1 is 0.850 bits per heavy atom. The van der Waals surface area contributed by atoms with Gasteiger partial charge >= 0.3 is 0 Å². The van der Waals surface area contributed by atoms with E-state index in [0.717, 1.165) is 0 Å². The number of hydrogen-bond donors (Lipinski definition) is 1. The summed E-state index contributed by atoms with van der Waals surface area (Å²) in [4.78, 5) is 3.66. The van der Waals surface area contributed by atoms with E-state index >= 15 is 0 Å². The second-order valence-electron chi connectivity index (χ2n) is 6.58. The number of aryl methyl sites for hydroxylation is 3. The van der Waals surface area contributed by atoms with E-state index in [1.165, 1.54) is 95.6 Å². The van der Waals surface area contributed by atoms with E-state index < -0.39 is 0 Å². The van der Waals surface area contributed by atoms with Crippen LogP contribution in [-0.4, -0.2) is 4.98 Å². The van der Waals surface area contributed by atoms with Gasteiger partial charge in [-0.25, -0.2) is 0 Å². The molecule has 1 aliphatic rings. The maximum atomic E-state index is 3.66. The van der Waals surface area contributed by atoms with Gasteiger partial charge in [0.15, 0.2) is 0 Å². The zero-order valence-corrected chi connectivity index (χ0v) is 13.5. The number of aromatic nitrogens is 1. The topological polar surface area (TPSA) is 15.8 Å². The van der Waals surface area contributed by atoms with Gasteiger partial charge in [0.2, 0.25) is 0 Å². The van der Waals surface area contributed by atoms with Crippen molar-refractivity contribution >= 4 is 0 Å². The maximum Gasteiger partial charge on any atom is 0.0181 e. The van der Waals surface area contributed by atoms with Crippen LogP contribution < -0.4 is 0 Å². The van der Waals surface area contributed by atoms with Crippen molar-refractivity contribution in [2.24, 2.45) is 0 Å². The molecule has 0 atom stereocenters. The molecule has 0 bridgehead atoms. The van der Waals surface area contributed by atoms with Crippen molar-refractivity contribution in [3.8, 4) is 0 Å². The van der Waals surface area contributed by atoms with Crippen molar-refractivity contribution in [3.05, 3.63) is 23.0 Å². The molecule has 1 aromatic rings. The number of aromatic amines is 1. The number of unbranched alkanes of at least 4 members (excludes halogenated alkanes) is 8. The minimum absolute atomic E-state index is 1.27. The summed E-state index contributed by atoms with van der Waals surface area (Å²) < 4.78 is 0. The highest BCUT2D eigenvalue weighted by molar-refractivity contribution is 5.28. The van der Waals surface area contributed by atoms with E-state index in [4.69, 9.17) is 0 Å². The van der Waals surface area contributed by atoms with Crippen LogP contribution in [0.15, 0.2) is 6.07 Å². The lowest BCUT2D eigenvalue weighted by Crippen LogP contribution is -1.99. The first-order valence-corrected chi connectivity index (χ1v) is 9.10. The third kappa shape index (κ3) is 5.34. The van der Waals surface area contributed by atoms with Crippen molar-refractivity contribution < 1.29 is 0 Å². The highest BCUT2D eigenvalue weighted by Crippen LogP contribution is 2.22. The van der Waals surface area contributed by atoms with Gasteiger partial charge in [-0.2, -0.15) is 0 Å². The Morgan fingerprint density at radius 3 is 2.20 bits per heavy atom. The predicted molar refractivity (Wildman–Crippen MR) is 88.4 cm³/mol. The molecule has 0 aliphatic heterocycles. The minimum Gasteiger partial charge on any atom is -0.362 e. The molecule has 2 rings (SSSR count). The van der Waals surface area contributed by atoms with Crippen LogP contribution in [-0.2, 0) is 19.3 Å². The Morgan fingerprint density at radius 2 is 1.50 bits per heavy atom. The monoisotopic (exact) mass is 275 g/mol. The molecule has 1 nitrogen and oxygen atoms in total. The second-order valence-corrected chi connectivity index (χ2v) is 6.58. The third-order valence-corrected chi connectivity index (χ3v) is 4.72. The summed E-state index contributed by atoms with van der Waals surface area (Å²) in [5, 5.41) is 0. The van der Waals surface area contributed by atoms with Crippen LogP contribution >= 0.6 is 0 Å². The molecule has 0 saturated carbocycles. The molecule has 1 N–H and O–H groups in total. The molecular formula is C19H33N. The Kier molecular flexibility index (Phi) is 7.25. The van der Waals surface area contributed by atoms with E-state index in [-0.39, 0.29) is 0 Å². The molecule has 20 heavy (non-hydrogen) atoms. The maximum absolute atomic E-state index is 3.66. The number of hydrogen-bond acceptors (Lipinski definition) is 0. The molecule has 0 saturated heterocycles. The molecule has 0 fully saturated rings. The number of H-pyrrole nitrogens is 1. The van der Waals surface area contributed by atoms with Crippen LogP contribution in [0.5, 0.6) is 0 Å². The summed E-state index contributed by atoms with van der Waals surface area (Å²) in [5.74, 6) is 0.